The molecule has 2 heterocycles. The number of allylic oxidation sites excluding steroid dienone is 1. The number of aliphatic hydroxyl groups is 1. The molecule has 10 heteroatoms. The van der Waals surface area contributed by atoms with E-state index in [0.29, 0.717) is 45.3 Å². The van der Waals surface area contributed by atoms with Crippen molar-refractivity contribution in [3.8, 4) is 0 Å². The molecule has 4 N–H and O–H groups in total. The molecule has 1 aliphatic heterocycles. The number of guanidine groups is 1. The first-order valence-corrected chi connectivity index (χ1v) is 11.3. The number of oxazole rings is 1. The molecule has 0 spiro atoms. The van der Waals surface area contributed by atoms with E-state index in [4.69, 9.17) is 26.1 Å². The lowest BCUT2D eigenvalue weighted by molar-refractivity contribution is -0.129. The number of carbonyl (C=O) groups is 2. The number of aliphatic hydroxyl groups excluding tert-OH is 1. The molecule has 0 fully saturated rings. The van der Waals surface area contributed by atoms with Gasteiger partial charge in [-0.15, -0.1) is 0 Å². The molecule has 1 aliphatic carbocycles. The van der Waals surface area contributed by atoms with Gasteiger partial charge in [-0.1, -0.05) is 41.9 Å². The number of Topliss-reactive ketones (excluding diaryl/α,β-unsaturated/α-hetero) is 1. The van der Waals surface area contributed by atoms with Crippen LogP contribution in [-0.2, 0) is 9.59 Å². The molecule has 2 aromatic carbocycles. The van der Waals surface area contributed by atoms with Gasteiger partial charge in [0.25, 0.3) is 0 Å². The first kappa shape index (κ1) is 22.1. The van der Waals surface area contributed by atoms with Crippen molar-refractivity contribution >= 4 is 46.4 Å². The smallest absolute Gasteiger partial charge is 0.302 e. The summed E-state index contributed by atoms with van der Waals surface area (Å²) < 4.78 is 5.76. The van der Waals surface area contributed by atoms with Crippen LogP contribution in [0.2, 0.25) is 5.02 Å². The second-order valence-corrected chi connectivity index (χ2v) is 8.48. The highest BCUT2D eigenvalue weighted by Gasteiger charge is 2.39. The zero-order chi connectivity index (χ0) is 23.7. The number of amides is 1. The van der Waals surface area contributed by atoms with Gasteiger partial charge in [0.15, 0.2) is 11.4 Å². The molecule has 3 aromatic rings. The van der Waals surface area contributed by atoms with Crippen LogP contribution >= 0.6 is 11.6 Å². The van der Waals surface area contributed by atoms with Gasteiger partial charge in [-0.3, -0.25) is 14.9 Å². The quantitative estimate of drug-likeness (QED) is 0.442. The molecule has 9 nitrogen and oxygen atoms in total. The third-order valence-electron chi connectivity index (χ3n) is 5.81. The molecule has 0 saturated carbocycles. The molecule has 174 valence electrons. The van der Waals surface area contributed by atoms with Gasteiger partial charge in [0.05, 0.1) is 12.5 Å². The molecule has 2 atom stereocenters. The third kappa shape index (κ3) is 4.27. The lowest BCUT2D eigenvalue weighted by Crippen LogP contribution is -2.43. The van der Waals surface area contributed by atoms with Crippen LogP contribution in [0, 0.1) is 5.92 Å². The van der Waals surface area contributed by atoms with Crippen LogP contribution < -0.4 is 16.0 Å². The van der Waals surface area contributed by atoms with Crippen LogP contribution in [0.4, 0.5) is 6.01 Å². The summed E-state index contributed by atoms with van der Waals surface area (Å²) in [6.45, 7) is -0.0322. The number of rotatable bonds is 5. The number of benzene rings is 2. The van der Waals surface area contributed by atoms with Crippen LogP contribution in [-0.4, -0.2) is 40.9 Å². The maximum Gasteiger partial charge on any atom is 0.302 e. The molecule has 2 aliphatic rings. The maximum absolute atomic E-state index is 13.2. The van der Waals surface area contributed by atoms with E-state index in [0.717, 1.165) is 0 Å². The fourth-order valence-electron chi connectivity index (χ4n) is 4.26. The number of ketones is 1. The van der Waals surface area contributed by atoms with E-state index in [1.165, 1.54) is 0 Å². The van der Waals surface area contributed by atoms with Crippen LogP contribution in [0.15, 0.2) is 69.2 Å². The van der Waals surface area contributed by atoms with Crippen LogP contribution in [0.25, 0.3) is 11.1 Å². The summed E-state index contributed by atoms with van der Waals surface area (Å²) in [6, 6.07) is 14.2. The Morgan fingerprint density at radius 1 is 1.18 bits per heavy atom. The molecule has 1 aromatic heterocycles. The average molecular weight is 480 g/mol. The Kier molecular flexibility index (Phi) is 6.04. The second-order valence-electron chi connectivity index (χ2n) is 8.07. The molecule has 0 saturated heterocycles. The highest BCUT2D eigenvalue weighted by molar-refractivity contribution is 6.31. The van der Waals surface area contributed by atoms with Crippen LogP contribution in [0.5, 0.6) is 0 Å². The summed E-state index contributed by atoms with van der Waals surface area (Å²) in [4.78, 5) is 34.9. The number of fused-ring (bicyclic) bond motifs is 1. The van der Waals surface area contributed by atoms with E-state index in [1.807, 2.05) is 42.5 Å². The van der Waals surface area contributed by atoms with E-state index in [-0.39, 0.29) is 37.3 Å². The number of halogens is 1. The van der Waals surface area contributed by atoms with Gasteiger partial charge < -0.3 is 20.2 Å². The van der Waals surface area contributed by atoms with Gasteiger partial charge in [0.1, 0.15) is 11.6 Å². The Morgan fingerprint density at radius 2 is 1.97 bits per heavy atom. The SMILES string of the molecule is O=C1CC(C(=O)NCCO)CC2=C1C(c1ccccc1Cl)N=C(Nc1nc3ccccc3o1)N2. The predicted octanol–water partition coefficient (Wildman–Crippen LogP) is 2.94. The Balaban J connectivity index is 1.49. The zero-order valence-electron chi connectivity index (χ0n) is 18.0. The number of nitrogens with zero attached hydrogens (tertiary/aromatic N) is 2. The van der Waals surface area contributed by atoms with Gasteiger partial charge >= 0.3 is 6.01 Å². The van der Waals surface area contributed by atoms with Gasteiger partial charge in [-0.05, 0) is 23.8 Å². The van der Waals surface area contributed by atoms with E-state index in [9.17, 15) is 9.59 Å². The van der Waals surface area contributed by atoms with Gasteiger partial charge in [0.2, 0.25) is 11.9 Å². The van der Waals surface area contributed by atoms with Gasteiger partial charge in [-0.25, -0.2) is 4.99 Å². The third-order valence-corrected chi connectivity index (χ3v) is 6.15. The minimum atomic E-state index is -0.647. The minimum Gasteiger partial charge on any atom is -0.423 e. The molecule has 0 radical (unpaired) electrons. The average Bonchev–Trinajstić information content (AvgIpc) is 3.24. The molecular weight excluding hydrogens is 458 g/mol. The Bertz CT molecular complexity index is 1300. The zero-order valence-corrected chi connectivity index (χ0v) is 18.8. The number of hydrogen-bond acceptors (Lipinski definition) is 8. The summed E-state index contributed by atoms with van der Waals surface area (Å²) in [6.07, 6.45) is 0.371. The van der Waals surface area contributed by atoms with Gasteiger partial charge in [-0.2, -0.15) is 4.98 Å². The summed E-state index contributed by atoms with van der Waals surface area (Å²) in [7, 11) is 0. The molecule has 2 unspecified atom stereocenters. The standard InChI is InChI=1S/C24H22ClN5O4/c25-15-6-2-1-5-14(15)21-20-17(11-13(12-18(20)32)22(33)26-9-10-31)27-23(29-21)30-24-28-16-7-3-4-8-19(16)34-24/h1-8,13,21,31H,9-12H2,(H,26,33)(H2,27,28,29,30). The number of aliphatic imine (C=N–C) groups is 1. The number of para-hydroxylation sites is 2. The van der Waals surface area contributed by atoms with E-state index in [2.05, 4.69) is 20.9 Å². The molecule has 0 bridgehead atoms. The molecule has 5 rings (SSSR count). The number of carbonyl (C=O) groups excluding carboxylic acids is 2. The largest absolute Gasteiger partial charge is 0.423 e. The highest BCUT2D eigenvalue weighted by atomic mass is 35.5. The minimum absolute atomic E-state index is 0.0577. The summed E-state index contributed by atoms with van der Waals surface area (Å²) >= 11 is 6.47. The van der Waals surface area contributed by atoms with Crippen molar-refractivity contribution in [1.82, 2.24) is 15.6 Å². The summed E-state index contributed by atoms with van der Waals surface area (Å²) in [5.41, 5.74) is 3.09. The number of aromatic nitrogens is 1. The van der Waals surface area contributed by atoms with Gasteiger partial charge in [0, 0.05) is 35.7 Å². The maximum atomic E-state index is 13.2. The number of hydrogen-bond donors (Lipinski definition) is 4. The van der Waals surface area contributed by atoms with Crippen LogP contribution in [0.1, 0.15) is 24.4 Å². The highest BCUT2D eigenvalue weighted by Crippen LogP contribution is 2.40. The van der Waals surface area contributed by atoms with E-state index < -0.39 is 12.0 Å². The normalized spacial score (nSPS) is 19.9. The Morgan fingerprint density at radius 3 is 2.76 bits per heavy atom. The summed E-state index contributed by atoms with van der Waals surface area (Å²) in [5, 5.41) is 18.4. The van der Waals surface area contributed by atoms with E-state index in [1.54, 1.807) is 6.07 Å². The van der Waals surface area contributed by atoms with E-state index >= 15 is 0 Å². The van der Waals surface area contributed by atoms with Crippen LogP contribution in [0.3, 0.4) is 0 Å². The predicted molar refractivity (Wildman–Crippen MR) is 127 cm³/mol. The van der Waals surface area contributed by atoms with Crippen molar-refractivity contribution in [3.63, 3.8) is 0 Å². The summed E-state index contributed by atoms with van der Waals surface area (Å²) in [5.74, 6) is -0.672. The molecular formula is C24H22ClN5O4. The Labute approximate surface area is 199 Å². The van der Waals surface area contributed by atoms with Crippen molar-refractivity contribution in [3.05, 3.63) is 70.4 Å². The monoisotopic (exact) mass is 479 g/mol. The fraction of sp³-hybridized carbons (Fsp3) is 0.250. The lowest BCUT2D eigenvalue weighted by Gasteiger charge is -2.33. The molecule has 34 heavy (non-hydrogen) atoms. The topological polar surface area (TPSA) is 129 Å². The first-order valence-electron chi connectivity index (χ1n) is 10.9. The van der Waals surface area contributed by atoms with Crippen molar-refractivity contribution in [1.29, 1.82) is 0 Å². The number of anilines is 1. The van der Waals surface area contributed by atoms with Crippen molar-refractivity contribution < 1.29 is 19.1 Å². The molecule has 1 amide bonds. The van der Waals surface area contributed by atoms with Crippen molar-refractivity contribution in [2.24, 2.45) is 10.9 Å². The Hall–Kier alpha value is -3.69. The van der Waals surface area contributed by atoms with Crippen molar-refractivity contribution in [2.45, 2.75) is 18.9 Å². The number of nitrogens with one attached hydrogen (secondary N) is 3. The fourth-order valence-corrected chi connectivity index (χ4v) is 4.50. The van der Waals surface area contributed by atoms with Crippen molar-refractivity contribution in [2.75, 3.05) is 18.5 Å². The lowest BCUT2D eigenvalue weighted by atomic mass is 9.80. The second kappa shape index (κ2) is 9.28. The first-order chi connectivity index (χ1) is 16.5.